The summed E-state index contributed by atoms with van der Waals surface area (Å²) in [6, 6.07) is 10.7. The fourth-order valence-corrected chi connectivity index (χ4v) is 2.92. The summed E-state index contributed by atoms with van der Waals surface area (Å²) in [4.78, 5) is 22.5. The van der Waals surface area contributed by atoms with Crippen molar-refractivity contribution in [2.75, 3.05) is 12.8 Å². The van der Waals surface area contributed by atoms with Gasteiger partial charge < -0.3 is 16.2 Å². The van der Waals surface area contributed by atoms with E-state index in [2.05, 4.69) is 10.3 Å². The summed E-state index contributed by atoms with van der Waals surface area (Å²) in [7, 11) is 1.32. The van der Waals surface area contributed by atoms with Crippen molar-refractivity contribution >= 4 is 17.3 Å². The summed E-state index contributed by atoms with van der Waals surface area (Å²) < 4.78 is 6.87. The summed E-state index contributed by atoms with van der Waals surface area (Å²) >= 11 is 0. The SMILES string of the molecule is COc1c(N)c(C(N)=O)cc([N+](=O)[O-])c1Cc1cn(Cc2ccccc2)nn1. The van der Waals surface area contributed by atoms with Crippen LogP contribution in [0.2, 0.25) is 0 Å². The third-order valence-electron chi connectivity index (χ3n) is 4.20. The van der Waals surface area contributed by atoms with E-state index in [0.717, 1.165) is 11.6 Å². The van der Waals surface area contributed by atoms with E-state index in [-0.39, 0.29) is 34.7 Å². The summed E-state index contributed by atoms with van der Waals surface area (Å²) in [6.45, 7) is 0.510. The lowest BCUT2D eigenvalue weighted by molar-refractivity contribution is -0.385. The van der Waals surface area contributed by atoms with Crippen LogP contribution in [0, 0.1) is 10.1 Å². The van der Waals surface area contributed by atoms with Crippen molar-refractivity contribution in [2.45, 2.75) is 13.0 Å². The van der Waals surface area contributed by atoms with Crippen molar-refractivity contribution in [3.05, 3.63) is 75.1 Å². The van der Waals surface area contributed by atoms with Gasteiger partial charge in [0.25, 0.3) is 11.6 Å². The van der Waals surface area contributed by atoms with Crippen LogP contribution in [0.5, 0.6) is 5.75 Å². The number of ether oxygens (including phenoxy) is 1. The molecule has 0 fully saturated rings. The molecule has 3 aromatic rings. The zero-order chi connectivity index (χ0) is 20.3. The van der Waals surface area contributed by atoms with Crippen molar-refractivity contribution in [1.82, 2.24) is 15.0 Å². The van der Waals surface area contributed by atoms with Crippen molar-refractivity contribution in [1.29, 1.82) is 0 Å². The number of carbonyl (C=O) groups is 1. The molecule has 1 aromatic heterocycles. The largest absolute Gasteiger partial charge is 0.494 e. The first-order valence-corrected chi connectivity index (χ1v) is 8.27. The van der Waals surface area contributed by atoms with E-state index in [9.17, 15) is 14.9 Å². The predicted octanol–water partition coefficient (Wildman–Crippen LogP) is 1.52. The maximum atomic E-state index is 11.5. The minimum Gasteiger partial charge on any atom is -0.494 e. The second-order valence-electron chi connectivity index (χ2n) is 6.06. The van der Waals surface area contributed by atoms with Gasteiger partial charge in [-0.25, -0.2) is 4.68 Å². The lowest BCUT2D eigenvalue weighted by Gasteiger charge is -2.13. The third-order valence-corrected chi connectivity index (χ3v) is 4.20. The smallest absolute Gasteiger partial charge is 0.277 e. The van der Waals surface area contributed by atoms with Gasteiger partial charge >= 0.3 is 0 Å². The summed E-state index contributed by atoms with van der Waals surface area (Å²) in [6.07, 6.45) is 1.74. The predicted molar refractivity (Wildman–Crippen MR) is 101 cm³/mol. The van der Waals surface area contributed by atoms with Crippen molar-refractivity contribution in [3.8, 4) is 5.75 Å². The van der Waals surface area contributed by atoms with Crippen LogP contribution in [0.3, 0.4) is 0 Å². The van der Waals surface area contributed by atoms with E-state index in [4.69, 9.17) is 16.2 Å². The Morgan fingerprint density at radius 1 is 1.32 bits per heavy atom. The van der Waals surface area contributed by atoms with E-state index in [1.165, 1.54) is 7.11 Å². The van der Waals surface area contributed by atoms with Gasteiger partial charge in [0.15, 0.2) is 5.75 Å². The molecule has 0 aliphatic rings. The molecule has 2 aromatic carbocycles. The van der Waals surface area contributed by atoms with Crippen molar-refractivity contribution < 1.29 is 14.5 Å². The number of hydrogen-bond acceptors (Lipinski definition) is 7. The summed E-state index contributed by atoms with van der Waals surface area (Å²) in [5.74, 6) is -0.847. The molecule has 28 heavy (non-hydrogen) atoms. The molecule has 1 amide bonds. The van der Waals surface area contributed by atoms with Crippen LogP contribution in [-0.4, -0.2) is 32.9 Å². The van der Waals surface area contributed by atoms with Gasteiger partial charge in [0, 0.05) is 18.7 Å². The molecule has 0 saturated heterocycles. The van der Waals surface area contributed by atoms with Gasteiger partial charge in [-0.2, -0.15) is 0 Å². The average Bonchev–Trinajstić information content (AvgIpc) is 3.09. The maximum absolute atomic E-state index is 11.5. The number of nitrogens with zero attached hydrogens (tertiary/aromatic N) is 4. The fraction of sp³-hybridized carbons (Fsp3) is 0.167. The minimum atomic E-state index is -0.876. The number of hydrogen-bond donors (Lipinski definition) is 2. The molecular weight excluding hydrogens is 364 g/mol. The molecule has 0 spiro atoms. The number of nitro groups is 1. The third kappa shape index (κ3) is 3.75. The molecule has 0 aliphatic heterocycles. The highest BCUT2D eigenvalue weighted by Crippen LogP contribution is 2.38. The molecule has 0 bridgehead atoms. The molecule has 0 saturated carbocycles. The normalized spacial score (nSPS) is 10.6. The Morgan fingerprint density at radius 2 is 2.04 bits per heavy atom. The lowest BCUT2D eigenvalue weighted by Crippen LogP contribution is -2.16. The number of nitro benzene ring substituents is 1. The molecule has 10 heteroatoms. The average molecular weight is 382 g/mol. The van der Waals surface area contributed by atoms with Gasteiger partial charge in [-0.05, 0) is 5.56 Å². The monoisotopic (exact) mass is 382 g/mol. The van der Waals surface area contributed by atoms with Crippen LogP contribution in [0.1, 0.15) is 27.2 Å². The number of methoxy groups -OCH3 is 1. The Hall–Kier alpha value is -3.95. The zero-order valence-corrected chi connectivity index (χ0v) is 15.0. The van der Waals surface area contributed by atoms with E-state index < -0.39 is 10.8 Å². The Morgan fingerprint density at radius 3 is 2.64 bits per heavy atom. The van der Waals surface area contributed by atoms with Crippen molar-refractivity contribution in [2.24, 2.45) is 5.73 Å². The summed E-state index contributed by atoms with van der Waals surface area (Å²) in [5, 5.41) is 19.7. The van der Waals surface area contributed by atoms with Gasteiger partial charge in [0.2, 0.25) is 0 Å². The van der Waals surface area contributed by atoms with Crippen molar-refractivity contribution in [3.63, 3.8) is 0 Å². The quantitative estimate of drug-likeness (QED) is 0.357. The molecule has 144 valence electrons. The van der Waals surface area contributed by atoms with E-state index in [1.807, 2.05) is 30.3 Å². The number of amides is 1. The number of anilines is 1. The van der Waals surface area contributed by atoms with Crippen LogP contribution in [0.15, 0.2) is 42.6 Å². The first-order valence-electron chi connectivity index (χ1n) is 8.27. The minimum absolute atomic E-state index is 0.0283. The van der Waals surface area contributed by atoms with Crippen LogP contribution in [0.25, 0.3) is 0 Å². The number of rotatable bonds is 7. The lowest BCUT2D eigenvalue weighted by atomic mass is 10.0. The van der Waals surface area contributed by atoms with Crippen LogP contribution in [0.4, 0.5) is 11.4 Å². The maximum Gasteiger partial charge on any atom is 0.277 e. The fourth-order valence-electron chi connectivity index (χ4n) is 2.92. The number of nitrogens with two attached hydrogens (primary N) is 2. The van der Waals surface area contributed by atoms with E-state index in [1.54, 1.807) is 10.9 Å². The Bertz CT molecular complexity index is 1030. The van der Waals surface area contributed by atoms with Gasteiger partial charge in [0.05, 0.1) is 41.1 Å². The number of benzene rings is 2. The summed E-state index contributed by atoms with van der Waals surface area (Å²) in [5.41, 5.74) is 12.4. The van der Waals surface area contributed by atoms with Gasteiger partial charge in [-0.3, -0.25) is 14.9 Å². The Balaban J connectivity index is 1.97. The molecule has 0 aliphatic carbocycles. The standard InChI is InChI=1S/C18H18N6O4/c1-28-17-13(15(24(26)27)8-14(16(17)19)18(20)25)7-12-10-23(22-21-12)9-11-5-3-2-4-6-11/h2-6,8,10H,7,9,19H2,1H3,(H2,20,25). The van der Waals surface area contributed by atoms with Crippen LogP contribution in [-0.2, 0) is 13.0 Å². The Kier molecular flexibility index (Phi) is 5.21. The molecule has 1 heterocycles. The van der Waals surface area contributed by atoms with E-state index >= 15 is 0 Å². The number of nitrogen functional groups attached to an aromatic ring is 1. The molecule has 0 atom stereocenters. The molecule has 3 rings (SSSR count). The highest BCUT2D eigenvalue weighted by Gasteiger charge is 2.27. The zero-order valence-electron chi connectivity index (χ0n) is 15.0. The molecule has 0 unspecified atom stereocenters. The number of carbonyl (C=O) groups excluding carboxylic acids is 1. The molecule has 10 nitrogen and oxygen atoms in total. The highest BCUT2D eigenvalue weighted by atomic mass is 16.6. The molecular formula is C18H18N6O4. The molecule has 4 N–H and O–H groups in total. The van der Waals surface area contributed by atoms with Gasteiger partial charge in [-0.15, -0.1) is 5.10 Å². The number of primary amides is 1. The Labute approximate surface area is 159 Å². The van der Waals surface area contributed by atoms with Gasteiger partial charge in [-0.1, -0.05) is 35.5 Å². The van der Waals surface area contributed by atoms with Crippen LogP contribution >= 0.6 is 0 Å². The van der Waals surface area contributed by atoms with Crippen LogP contribution < -0.4 is 16.2 Å². The first kappa shape index (κ1) is 18.8. The number of aromatic nitrogens is 3. The molecule has 0 radical (unpaired) electrons. The topological polar surface area (TPSA) is 152 Å². The van der Waals surface area contributed by atoms with E-state index in [0.29, 0.717) is 12.2 Å². The second-order valence-corrected chi connectivity index (χ2v) is 6.06. The highest BCUT2D eigenvalue weighted by molar-refractivity contribution is 6.00. The first-order chi connectivity index (χ1) is 13.4. The second kappa shape index (κ2) is 7.74. The van der Waals surface area contributed by atoms with Gasteiger partial charge in [0.1, 0.15) is 0 Å².